The standard InChI is InChI=1S/C16H13BrN2S/c17-12-5-6-15-13(8-12)19-16(20-15)14-7-10-3-1-2-4-11(10)9-18-14/h1-6,8,14,18H,7,9H2. The van der Waals surface area contributed by atoms with Gasteiger partial charge in [-0.3, -0.25) is 0 Å². The van der Waals surface area contributed by atoms with E-state index in [0.29, 0.717) is 6.04 Å². The third-order valence-electron chi connectivity index (χ3n) is 3.75. The predicted molar refractivity (Wildman–Crippen MR) is 87.0 cm³/mol. The van der Waals surface area contributed by atoms with Crippen LogP contribution in [0.15, 0.2) is 46.9 Å². The Balaban J connectivity index is 1.70. The number of aromatic nitrogens is 1. The van der Waals surface area contributed by atoms with Gasteiger partial charge in [0, 0.05) is 11.0 Å². The summed E-state index contributed by atoms with van der Waals surface area (Å²) in [6.07, 6.45) is 1.02. The zero-order chi connectivity index (χ0) is 13.5. The lowest BCUT2D eigenvalue weighted by Gasteiger charge is -2.24. The summed E-state index contributed by atoms with van der Waals surface area (Å²) in [5.74, 6) is 0. The second-order valence-electron chi connectivity index (χ2n) is 5.07. The Morgan fingerprint density at radius 1 is 1.15 bits per heavy atom. The van der Waals surface area contributed by atoms with E-state index in [9.17, 15) is 0 Å². The van der Waals surface area contributed by atoms with Crippen molar-refractivity contribution in [1.29, 1.82) is 0 Å². The summed E-state index contributed by atoms with van der Waals surface area (Å²) in [6, 6.07) is 15.3. The molecule has 1 aromatic heterocycles. The highest BCUT2D eigenvalue weighted by Crippen LogP contribution is 2.32. The Kier molecular flexibility index (Phi) is 3.10. The smallest absolute Gasteiger partial charge is 0.111 e. The molecule has 0 bridgehead atoms. The molecule has 0 aliphatic carbocycles. The van der Waals surface area contributed by atoms with Gasteiger partial charge in [-0.25, -0.2) is 4.98 Å². The molecule has 0 saturated carbocycles. The fraction of sp³-hybridized carbons (Fsp3) is 0.188. The third-order valence-corrected chi connectivity index (χ3v) is 5.39. The molecular formula is C16H13BrN2S. The Morgan fingerprint density at radius 3 is 2.90 bits per heavy atom. The fourth-order valence-corrected chi connectivity index (χ4v) is 4.07. The number of nitrogens with one attached hydrogen (secondary N) is 1. The highest BCUT2D eigenvalue weighted by atomic mass is 79.9. The molecule has 100 valence electrons. The minimum Gasteiger partial charge on any atom is -0.304 e. The molecule has 1 aliphatic heterocycles. The summed E-state index contributed by atoms with van der Waals surface area (Å²) < 4.78 is 2.34. The average Bonchev–Trinajstić information content (AvgIpc) is 2.89. The van der Waals surface area contributed by atoms with Crippen LogP contribution in [0.5, 0.6) is 0 Å². The summed E-state index contributed by atoms with van der Waals surface area (Å²) in [5.41, 5.74) is 3.93. The molecule has 2 aromatic carbocycles. The van der Waals surface area contributed by atoms with Crippen molar-refractivity contribution in [2.24, 2.45) is 0 Å². The van der Waals surface area contributed by atoms with Gasteiger partial charge in [0.25, 0.3) is 0 Å². The molecule has 1 unspecified atom stereocenters. The molecule has 0 radical (unpaired) electrons. The minimum absolute atomic E-state index is 0.334. The van der Waals surface area contributed by atoms with Crippen molar-refractivity contribution < 1.29 is 0 Å². The van der Waals surface area contributed by atoms with Crippen molar-refractivity contribution >= 4 is 37.5 Å². The van der Waals surface area contributed by atoms with E-state index in [0.717, 1.165) is 23.0 Å². The Labute approximate surface area is 130 Å². The van der Waals surface area contributed by atoms with Crippen molar-refractivity contribution in [1.82, 2.24) is 10.3 Å². The Morgan fingerprint density at radius 2 is 2.00 bits per heavy atom. The van der Waals surface area contributed by atoms with E-state index in [1.165, 1.54) is 20.8 Å². The predicted octanol–water partition coefficient (Wildman–Crippen LogP) is 4.45. The average molecular weight is 345 g/mol. The number of benzene rings is 2. The van der Waals surface area contributed by atoms with Crippen molar-refractivity contribution in [2.75, 3.05) is 0 Å². The van der Waals surface area contributed by atoms with Crippen molar-refractivity contribution in [2.45, 2.75) is 19.0 Å². The van der Waals surface area contributed by atoms with Crippen LogP contribution in [0.25, 0.3) is 10.2 Å². The summed E-state index contributed by atoms with van der Waals surface area (Å²) >= 11 is 5.30. The molecule has 4 heteroatoms. The summed E-state index contributed by atoms with van der Waals surface area (Å²) in [4.78, 5) is 4.80. The maximum Gasteiger partial charge on any atom is 0.111 e. The van der Waals surface area contributed by atoms with E-state index in [2.05, 4.69) is 63.7 Å². The van der Waals surface area contributed by atoms with Crippen LogP contribution in [-0.2, 0) is 13.0 Å². The normalized spacial score (nSPS) is 18.1. The fourth-order valence-electron chi connectivity index (χ4n) is 2.70. The largest absolute Gasteiger partial charge is 0.304 e. The highest BCUT2D eigenvalue weighted by molar-refractivity contribution is 9.10. The second-order valence-corrected chi connectivity index (χ2v) is 7.05. The van der Waals surface area contributed by atoms with Crippen LogP contribution < -0.4 is 5.32 Å². The number of hydrogen-bond acceptors (Lipinski definition) is 3. The maximum absolute atomic E-state index is 4.80. The van der Waals surface area contributed by atoms with Gasteiger partial charge in [0.05, 0.1) is 16.3 Å². The third kappa shape index (κ3) is 2.18. The monoisotopic (exact) mass is 344 g/mol. The molecule has 1 N–H and O–H groups in total. The molecule has 2 nitrogen and oxygen atoms in total. The molecule has 0 spiro atoms. The lowest BCUT2D eigenvalue weighted by molar-refractivity contribution is 0.497. The minimum atomic E-state index is 0.334. The molecule has 0 saturated heterocycles. The molecule has 0 fully saturated rings. The molecule has 20 heavy (non-hydrogen) atoms. The van der Waals surface area contributed by atoms with E-state index >= 15 is 0 Å². The van der Waals surface area contributed by atoms with E-state index in [4.69, 9.17) is 4.98 Å². The first-order valence-electron chi connectivity index (χ1n) is 6.66. The molecular weight excluding hydrogens is 332 g/mol. The molecule has 3 aromatic rings. The zero-order valence-electron chi connectivity index (χ0n) is 10.8. The van der Waals surface area contributed by atoms with Crippen molar-refractivity contribution in [3.8, 4) is 0 Å². The number of rotatable bonds is 1. The van der Waals surface area contributed by atoms with Gasteiger partial charge >= 0.3 is 0 Å². The van der Waals surface area contributed by atoms with E-state index in [1.807, 2.05) is 0 Å². The Bertz CT molecular complexity index is 781. The first-order chi connectivity index (χ1) is 9.79. The van der Waals surface area contributed by atoms with Gasteiger partial charge < -0.3 is 5.32 Å². The molecule has 0 amide bonds. The first-order valence-corrected chi connectivity index (χ1v) is 8.27. The topological polar surface area (TPSA) is 24.9 Å². The van der Waals surface area contributed by atoms with Crippen LogP contribution >= 0.6 is 27.3 Å². The van der Waals surface area contributed by atoms with Gasteiger partial charge in [-0.05, 0) is 35.7 Å². The Hall–Kier alpha value is -1.23. The van der Waals surface area contributed by atoms with Crippen LogP contribution in [-0.4, -0.2) is 4.98 Å². The van der Waals surface area contributed by atoms with Gasteiger partial charge in [-0.15, -0.1) is 11.3 Å². The number of fused-ring (bicyclic) bond motifs is 2. The lowest BCUT2D eigenvalue weighted by Crippen LogP contribution is -2.28. The number of hydrogen-bond donors (Lipinski definition) is 1. The van der Waals surface area contributed by atoms with Crippen LogP contribution in [0.1, 0.15) is 22.2 Å². The van der Waals surface area contributed by atoms with Gasteiger partial charge in [0.2, 0.25) is 0 Å². The summed E-state index contributed by atoms with van der Waals surface area (Å²) in [7, 11) is 0. The van der Waals surface area contributed by atoms with Gasteiger partial charge in [0.1, 0.15) is 5.01 Å². The zero-order valence-corrected chi connectivity index (χ0v) is 13.2. The van der Waals surface area contributed by atoms with Crippen LogP contribution in [0.2, 0.25) is 0 Å². The summed E-state index contributed by atoms with van der Waals surface area (Å²) in [5, 5.41) is 4.79. The van der Waals surface area contributed by atoms with Crippen molar-refractivity contribution in [3.05, 3.63) is 63.1 Å². The highest BCUT2D eigenvalue weighted by Gasteiger charge is 2.21. The number of nitrogens with zero attached hydrogens (tertiary/aromatic N) is 1. The first kappa shape index (κ1) is 12.5. The number of halogens is 1. The molecule has 2 heterocycles. The summed E-state index contributed by atoms with van der Waals surface area (Å²) in [6.45, 7) is 0.931. The molecule has 1 aliphatic rings. The van der Waals surface area contributed by atoms with Gasteiger partial charge in [-0.1, -0.05) is 40.2 Å². The second kappa shape index (κ2) is 4.95. The van der Waals surface area contributed by atoms with Crippen molar-refractivity contribution in [3.63, 3.8) is 0 Å². The number of thiazole rings is 1. The van der Waals surface area contributed by atoms with E-state index in [1.54, 1.807) is 11.3 Å². The van der Waals surface area contributed by atoms with Gasteiger partial charge in [0.15, 0.2) is 0 Å². The van der Waals surface area contributed by atoms with Crippen LogP contribution in [0.4, 0.5) is 0 Å². The van der Waals surface area contributed by atoms with E-state index < -0.39 is 0 Å². The molecule has 4 rings (SSSR count). The maximum atomic E-state index is 4.80. The lowest BCUT2D eigenvalue weighted by atomic mass is 9.96. The van der Waals surface area contributed by atoms with Crippen LogP contribution in [0, 0.1) is 0 Å². The van der Waals surface area contributed by atoms with Crippen LogP contribution in [0.3, 0.4) is 0 Å². The SMILES string of the molecule is Brc1ccc2sc(C3Cc4ccccc4CN3)nc2c1. The van der Waals surface area contributed by atoms with Gasteiger partial charge in [-0.2, -0.15) is 0 Å². The quantitative estimate of drug-likeness (QED) is 0.705. The molecule has 1 atom stereocenters. The van der Waals surface area contributed by atoms with E-state index in [-0.39, 0.29) is 0 Å².